The van der Waals surface area contributed by atoms with Crippen LogP contribution >= 0.6 is 0 Å². The third-order valence-electron chi connectivity index (χ3n) is 2.71. The van der Waals surface area contributed by atoms with Gasteiger partial charge in [0.1, 0.15) is 0 Å². The van der Waals surface area contributed by atoms with Crippen LogP contribution in [0.4, 0.5) is 5.69 Å². The summed E-state index contributed by atoms with van der Waals surface area (Å²) in [5, 5.41) is 12.3. The Kier molecular flexibility index (Phi) is 3.63. The lowest BCUT2D eigenvalue weighted by Gasteiger charge is -2.16. The fourth-order valence-corrected chi connectivity index (χ4v) is 1.83. The van der Waals surface area contributed by atoms with Gasteiger partial charge >= 0.3 is 5.97 Å². The lowest BCUT2D eigenvalue weighted by atomic mass is 10.1. The van der Waals surface area contributed by atoms with E-state index in [0.29, 0.717) is 0 Å². The summed E-state index contributed by atoms with van der Waals surface area (Å²) in [6, 6.07) is 16.1. The zero-order valence-corrected chi connectivity index (χ0v) is 10.1. The molecule has 0 bridgehead atoms. The van der Waals surface area contributed by atoms with E-state index in [2.05, 4.69) is 5.32 Å². The van der Waals surface area contributed by atoms with Crippen LogP contribution in [-0.4, -0.2) is 11.1 Å². The first-order valence-corrected chi connectivity index (χ1v) is 5.78. The minimum absolute atomic E-state index is 0.729. The van der Waals surface area contributed by atoms with Crippen LogP contribution in [0.25, 0.3) is 0 Å². The Bertz CT molecular complexity index is 537. The summed E-state index contributed by atoms with van der Waals surface area (Å²) in [4.78, 5) is 11.3. The van der Waals surface area contributed by atoms with E-state index in [1.54, 1.807) is 0 Å². The molecule has 18 heavy (non-hydrogen) atoms. The van der Waals surface area contributed by atoms with Crippen LogP contribution in [0, 0.1) is 6.92 Å². The highest BCUT2D eigenvalue weighted by molar-refractivity contribution is 5.79. The second-order valence-electron chi connectivity index (χ2n) is 4.20. The molecular weight excluding hydrogens is 226 g/mol. The highest BCUT2D eigenvalue weighted by Gasteiger charge is 2.18. The van der Waals surface area contributed by atoms with E-state index in [-0.39, 0.29) is 0 Å². The van der Waals surface area contributed by atoms with Gasteiger partial charge in [-0.15, -0.1) is 0 Å². The van der Waals surface area contributed by atoms with Crippen molar-refractivity contribution in [2.24, 2.45) is 0 Å². The molecule has 0 saturated carbocycles. The summed E-state index contributed by atoms with van der Waals surface area (Å²) in [6.07, 6.45) is 0. The molecular formula is C15H15NO2. The lowest BCUT2D eigenvalue weighted by Crippen LogP contribution is -2.20. The van der Waals surface area contributed by atoms with Gasteiger partial charge in [0.05, 0.1) is 0 Å². The molecule has 3 heteroatoms. The Hall–Kier alpha value is -2.29. The van der Waals surface area contributed by atoms with Gasteiger partial charge in [0.15, 0.2) is 6.04 Å². The summed E-state index contributed by atoms with van der Waals surface area (Å²) in [5.41, 5.74) is 2.65. The molecule has 2 aromatic rings. The zero-order valence-electron chi connectivity index (χ0n) is 10.1. The number of carboxylic acid groups (broad SMARTS) is 1. The van der Waals surface area contributed by atoms with E-state index >= 15 is 0 Å². The van der Waals surface area contributed by atoms with Gasteiger partial charge in [0.2, 0.25) is 0 Å². The molecule has 1 atom stereocenters. The largest absolute Gasteiger partial charge is 0.479 e. The molecule has 2 rings (SSSR count). The molecule has 0 aliphatic carbocycles. The second kappa shape index (κ2) is 5.36. The van der Waals surface area contributed by atoms with Crippen molar-refractivity contribution in [1.82, 2.24) is 0 Å². The Morgan fingerprint density at radius 1 is 1.11 bits per heavy atom. The monoisotopic (exact) mass is 241 g/mol. The molecule has 2 aromatic carbocycles. The van der Waals surface area contributed by atoms with E-state index in [1.807, 2.05) is 61.5 Å². The molecule has 0 aliphatic heterocycles. The minimum atomic E-state index is -0.886. The molecule has 3 nitrogen and oxygen atoms in total. The molecule has 0 spiro atoms. The minimum Gasteiger partial charge on any atom is -0.479 e. The van der Waals surface area contributed by atoms with Crippen LogP contribution < -0.4 is 5.32 Å². The summed E-state index contributed by atoms with van der Waals surface area (Å²) in [7, 11) is 0. The molecule has 0 aliphatic rings. The number of aryl methyl sites for hydroxylation is 1. The Labute approximate surface area is 106 Å². The first-order chi connectivity index (χ1) is 8.66. The van der Waals surface area contributed by atoms with Crippen molar-refractivity contribution in [1.29, 1.82) is 0 Å². The quantitative estimate of drug-likeness (QED) is 0.864. The SMILES string of the molecule is Cc1cccc(N[C@H](C(=O)O)c2ccccc2)c1. The van der Waals surface area contributed by atoms with Crippen molar-refractivity contribution in [3.05, 3.63) is 65.7 Å². The first-order valence-electron chi connectivity index (χ1n) is 5.78. The molecule has 0 fully saturated rings. The van der Waals surface area contributed by atoms with Gasteiger partial charge in [-0.1, -0.05) is 42.5 Å². The van der Waals surface area contributed by atoms with Gasteiger partial charge < -0.3 is 10.4 Å². The van der Waals surface area contributed by atoms with Crippen LogP contribution in [0.1, 0.15) is 17.2 Å². The molecule has 0 unspecified atom stereocenters. The van der Waals surface area contributed by atoms with Crippen molar-refractivity contribution in [3.8, 4) is 0 Å². The number of carboxylic acids is 1. The average Bonchev–Trinajstić information content (AvgIpc) is 2.37. The molecule has 0 aromatic heterocycles. The number of anilines is 1. The normalized spacial score (nSPS) is 11.8. The van der Waals surface area contributed by atoms with Crippen LogP contribution in [0.5, 0.6) is 0 Å². The smallest absolute Gasteiger partial charge is 0.330 e. The van der Waals surface area contributed by atoms with E-state index in [9.17, 15) is 9.90 Å². The Balaban J connectivity index is 2.25. The van der Waals surface area contributed by atoms with Crippen molar-refractivity contribution in [3.63, 3.8) is 0 Å². The number of hydrogen-bond donors (Lipinski definition) is 2. The van der Waals surface area contributed by atoms with Crippen molar-refractivity contribution in [2.75, 3.05) is 5.32 Å². The predicted molar refractivity (Wildman–Crippen MR) is 71.6 cm³/mol. The molecule has 2 N–H and O–H groups in total. The standard InChI is InChI=1S/C15H15NO2/c1-11-6-5-9-13(10-11)16-14(15(17)18)12-7-3-2-4-8-12/h2-10,14,16H,1H3,(H,17,18)/t14-/m0/s1. The maximum Gasteiger partial charge on any atom is 0.330 e. The van der Waals surface area contributed by atoms with Gasteiger partial charge in [-0.05, 0) is 30.2 Å². The average molecular weight is 241 g/mol. The van der Waals surface area contributed by atoms with Gasteiger partial charge in [-0.25, -0.2) is 4.79 Å². The van der Waals surface area contributed by atoms with E-state index in [4.69, 9.17) is 0 Å². The number of nitrogens with one attached hydrogen (secondary N) is 1. The molecule has 0 radical (unpaired) electrons. The molecule has 92 valence electrons. The lowest BCUT2D eigenvalue weighted by molar-refractivity contribution is -0.138. The number of rotatable bonds is 4. The van der Waals surface area contributed by atoms with Crippen molar-refractivity contribution < 1.29 is 9.90 Å². The maximum atomic E-state index is 11.3. The summed E-state index contributed by atoms with van der Waals surface area (Å²) >= 11 is 0. The zero-order chi connectivity index (χ0) is 13.0. The van der Waals surface area contributed by atoms with Crippen LogP contribution in [0.15, 0.2) is 54.6 Å². The van der Waals surface area contributed by atoms with E-state index < -0.39 is 12.0 Å². The third kappa shape index (κ3) is 2.88. The topological polar surface area (TPSA) is 49.3 Å². The predicted octanol–water partition coefficient (Wildman–Crippen LogP) is 3.23. The van der Waals surface area contributed by atoms with Crippen LogP contribution in [0.3, 0.4) is 0 Å². The second-order valence-corrected chi connectivity index (χ2v) is 4.20. The van der Waals surface area contributed by atoms with Crippen molar-refractivity contribution in [2.45, 2.75) is 13.0 Å². The van der Waals surface area contributed by atoms with Crippen LogP contribution in [-0.2, 0) is 4.79 Å². The number of benzene rings is 2. The number of carbonyl (C=O) groups is 1. The maximum absolute atomic E-state index is 11.3. The fraction of sp³-hybridized carbons (Fsp3) is 0.133. The van der Waals surface area contributed by atoms with E-state index in [1.165, 1.54) is 0 Å². The summed E-state index contributed by atoms with van der Waals surface area (Å²) in [5.74, 6) is -0.886. The highest BCUT2D eigenvalue weighted by Crippen LogP contribution is 2.20. The molecule has 0 amide bonds. The third-order valence-corrected chi connectivity index (χ3v) is 2.71. The van der Waals surface area contributed by atoms with E-state index in [0.717, 1.165) is 16.8 Å². The van der Waals surface area contributed by atoms with Gasteiger partial charge in [-0.2, -0.15) is 0 Å². The number of hydrogen-bond acceptors (Lipinski definition) is 2. The van der Waals surface area contributed by atoms with Gasteiger partial charge in [-0.3, -0.25) is 0 Å². The summed E-state index contributed by atoms with van der Waals surface area (Å²) < 4.78 is 0. The highest BCUT2D eigenvalue weighted by atomic mass is 16.4. The molecule has 0 saturated heterocycles. The summed E-state index contributed by atoms with van der Waals surface area (Å²) in [6.45, 7) is 1.98. The van der Waals surface area contributed by atoms with Gasteiger partial charge in [0, 0.05) is 5.69 Å². The van der Waals surface area contributed by atoms with Crippen molar-refractivity contribution >= 4 is 11.7 Å². The Morgan fingerprint density at radius 3 is 2.44 bits per heavy atom. The van der Waals surface area contributed by atoms with Gasteiger partial charge in [0.25, 0.3) is 0 Å². The Morgan fingerprint density at radius 2 is 1.83 bits per heavy atom. The van der Waals surface area contributed by atoms with Crippen LogP contribution in [0.2, 0.25) is 0 Å². The fourth-order valence-electron chi connectivity index (χ4n) is 1.83. The molecule has 0 heterocycles. The first kappa shape index (κ1) is 12.2. The number of aliphatic carboxylic acids is 1.